The maximum atomic E-state index is 11.5. The second-order valence-electron chi connectivity index (χ2n) is 5.04. The van der Waals surface area contributed by atoms with Crippen molar-refractivity contribution in [2.75, 3.05) is 0 Å². The van der Waals surface area contributed by atoms with Gasteiger partial charge >= 0.3 is 11.9 Å². The molecular formula is C12H14O3. The molecule has 2 aliphatic carbocycles. The summed E-state index contributed by atoms with van der Waals surface area (Å²) in [7, 11) is 0. The van der Waals surface area contributed by atoms with Crippen LogP contribution in [0.15, 0.2) is 12.2 Å². The van der Waals surface area contributed by atoms with E-state index in [1.165, 1.54) is 12.8 Å². The van der Waals surface area contributed by atoms with Crippen LogP contribution in [0, 0.1) is 23.2 Å². The summed E-state index contributed by atoms with van der Waals surface area (Å²) in [4.78, 5) is 22.6. The minimum atomic E-state index is -0.353. The molecule has 1 heterocycles. The number of esters is 2. The second kappa shape index (κ2) is 2.71. The van der Waals surface area contributed by atoms with E-state index in [0.717, 1.165) is 0 Å². The Balaban J connectivity index is 1.87. The van der Waals surface area contributed by atoms with Crippen LogP contribution in [-0.4, -0.2) is 11.9 Å². The molecule has 3 nitrogen and oxygen atoms in total. The topological polar surface area (TPSA) is 43.4 Å². The zero-order valence-corrected chi connectivity index (χ0v) is 8.73. The van der Waals surface area contributed by atoms with E-state index in [-0.39, 0.29) is 35.6 Å². The highest BCUT2D eigenvalue weighted by Gasteiger charge is 2.59. The molecule has 1 saturated carbocycles. The van der Waals surface area contributed by atoms with Crippen LogP contribution in [0.3, 0.4) is 0 Å². The van der Waals surface area contributed by atoms with E-state index >= 15 is 0 Å². The molecule has 0 aromatic carbocycles. The third-order valence-electron chi connectivity index (χ3n) is 4.34. The predicted molar refractivity (Wildman–Crippen MR) is 52.7 cm³/mol. The highest BCUT2D eigenvalue weighted by Crippen LogP contribution is 2.64. The van der Waals surface area contributed by atoms with Gasteiger partial charge in [-0.2, -0.15) is 0 Å². The summed E-state index contributed by atoms with van der Waals surface area (Å²) in [5.74, 6) is -0.0811. The molecule has 0 unspecified atom stereocenters. The maximum Gasteiger partial charge on any atom is 0.317 e. The molecule has 1 spiro atoms. The lowest BCUT2D eigenvalue weighted by Crippen LogP contribution is -2.26. The zero-order valence-electron chi connectivity index (χ0n) is 8.73. The van der Waals surface area contributed by atoms with Gasteiger partial charge in [-0.25, -0.2) is 0 Å². The van der Waals surface area contributed by atoms with Crippen LogP contribution in [0.4, 0.5) is 0 Å². The average Bonchev–Trinajstić information content (AvgIpc) is 2.82. The number of allylic oxidation sites excluding steroid dienone is 2. The molecule has 15 heavy (non-hydrogen) atoms. The first-order chi connectivity index (χ1) is 7.13. The number of rotatable bonds is 1. The number of cyclic esters (lactones) is 2. The molecule has 3 rings (SSSR count). The third-order valence-corrected chi connectivity index (χ3v) is 4.34. The molecule has 3 aliphatic rings. The molecule has 0 aromatic rings. The largest absolute Gasteiger partial charge is 0.393 e. The molecule has 2 fully saturated rings. The lowest BCUT2D eigenvalue weighted by Gasteiger charge is -2.24. The molecule has 1 aliphatic heterocycles. The number of carbonyl (C=O) groups excluding carboxylic acids is 2. The van der Waals surface area contributed by atoms with E-state index in [4.69, 9.17) is 0 Å². The number of carbonyl (C=O) groups is 2. The van der Waals surface area contributed by atoms with E-state index in [1.807, 2.05) is 0 Å². The summed E-state index contributed by atoms with van der Waals surface area (Å²) in [6, 6.07) is 0. The Labute approximate surface area is 88.5 Å². The number of hydrogen-bond acceptors (Lipinski definition) is 3. The van der Waals surface area contributed by atoms with Gasteiger partial charge in [-0.15, -0.1) is 0 Å². The SMILES string of the molecule is C[C@@H]1C=C[C@@H]([C@H]2CC(=O)OC2=O)C12CC2. The quantitative estimate of drug-likeness (QED) is 0.372. The lowest BCUT2D eigenvalue weighted by atomic mass is 9.77. The first-order valence-corrected chi connectivity index (χ1v) is 5.56. The molecule has 3 heteroatoms. The average molecular weight is 206 g/mol. The summed E-state index contributed by atoms with van der Waals surface area (Å²) in [6.45, 7) is 2.20. The Kier molecular flexibility index (Phi) is 1.65. The molecule has 3 atom stereocenters. The van der Waals surface area contributed by atoms with Gasteiger partial charge in [-0.1, -0.05) is 19.1 Å². The first kappa shape index (κ1) is 9.13. The molecule has 0 N–H and O–H groups in total. The predicted octanol–water partition coefficient (Wildman–Crippen LogP) is 1.68. The molecule has 1 saturated heterocycles. The van der Waals surface area contributed by atoms with Crippen molar-refractivity contribution in [3.8, 4) is 0 Å². The van der Waals surface area contributed by atoms with Crippen LogP contribution < -0.4 is 0 Å². The molecule has 80 valence electrons. The van der Waals surface area contributed by atoms with E-state index < -0.39 is 0 Å². The van der Waals surface area contributed by atoms with Gasteiger partial charge in [0.05, 0.1) is 12.3 Å². The first-order valence-electron chi connectivity index (χ1n) is 5.56. The number of hydrogen-bond donors (Lipinski definition) is 0. The summed E-state index contributed by atoms with van der Waals surface area (Å²) < 4.78 is 4.63. The van der Waals surface area contributed by atoms with Crippen molar-refractivity contribution in [3.63, 3.8) is 0 Å². The van der Waals surface area contributed by atoms with Gasteiger partial charge in [0.2, 0.25) is 0 Å². The highest BCUT2D eigenvalue weighted by molar-refractivity contribution is 5.95. The normalized spacial score (nSPS) is 41.3. The van der Waals surface area contributed by atoms with E-state index in [9.17, 15) is 9.59 Å². The Morgan fingerprint density at radius 3 is 2.60 bits per heavy atom. The van der Waals surface area contributed by atoms with Crippen LogP contribution in [0.2, 0.25) is 0 Å². The zero-order chi connectivity index (χ0) is 10.6. The van der Waals surface area contributed by atoms with Crippen LogP contribution in [0.1, 0.15) is 26.2 Å². The Hall–Kier alpha value is -1.12. The second-order valence-corrected chi connectivity index (χ2v) is 5.04. The Morgan fingerprint density at radius 2 is 2.07 bits per heavy atom. The smallest absolute Gasteiger partial charge is 0.317 e. The van der Waals surface area contributed by atoms with Crippen molar-refractivity contribution < 1.29 is 14.3 Å². The summed E-state index contributed by atoms with van der Waals surface area (Å²) in [5, 5.41) is 0. The standard InChI is InChI=1S/C12H14O3/c1-7-2-3-9(12(7)4-5-12)8-6-10(13)15-11(8)14/h2-3,7-9H,4-6H2,1H3/t7-,8-,9+/m1/s1. The fourth-order valence-corrected chi connectivity index (χ4v) is 3.21. The lowest BCUT2D eigenvalue weighted by molar-refractivity contribution is -0.153. The van der Waals surface area contributed by atoms with Crippen molar-refractivity contribution in [2.24, 2.45) is 23.2 Å². The monoisotopic (exact) mass is 206 g/mol. The van der Waals surface area contributed by atoms with Crippen LogP contribution in [0.25, 0.3) is 0 Å². The Bertz CT molecular complexity index is 365. The van der Waals surface area contributed by atoms with E-state index in [1.54, 1.807) is 0 Å². The van der Waals surface area contributed by atoms with Gasteiger partial charge in [0.25, 0.3) is 0 Å². The van der Waals surface area contributed by atoms with Crippen LogP contribution in [0.5, 0.6) is 0 Å². The van der Waals surface area contributed by atoms with Gasteiger partial charge < -0.3 is 4.74 Å². The minimum Gasteiger partial charge on any atom is -0.393 e. The highest BCUT2D eigenvalue weighted by atomic mass is 16.6. The van der Waals surface area contributed by atoms with Gasteiger partial charge in [0, 0.05) is 0 Å². The van der Waals surface area contributed by atoms with E-state index in [0.29, 0.717) is 5.92 Å². The van der Waals surface area contributed by atoms with E-state index in [2.05, 4.69) is 23.8 Å². The maximum absolute atomic E-state index is 11.5. The van der Waals surface area contributed by atoms with Gasteiger partial charge in [0.15, 0.2) is 0 Å². The minimum absolute atomic E-state index is 0.207. The van der Waals surface area contributed by atoms with Crippen molar-refractivity contribution in [1.82, 2.24) is 0 Å². The summed E-state index contributed by atoms with van der Waals surface area (Å²) in [5.41, 5.74) is 0.286. The molecule has 0 bridgehead atoms. The fraction of sp³-hybridized carbons (Fsp3) is 0.667. The Morgan fingerprint density at radius 1 is 1.33 bits per heavy atom. The van der Waals surface area contributed by atoms with Gasteiger partial charge in [-0.3, -0.25) is 9.59 Å². The molecule has 0 amide bonds. The summed E-state index contributed by atoms with van der Waals surface area (Å²) in [6.07, 6.45) is 6.96. The van der Waals surface area contributed by atoms with Crippen molar-refractivity contribution in [2.45, 2.75) is 26.2 Å². The van der Waals surface area contributed by atoms with Crippen molar-refractivity contribution in [3.05, 3.63) is 12.2 Å². The van der Waals surface area contributed by atoms with Gasteiger partial charge in [-0.05, 0) is 30.1 Å². The summed E-state index contributed by atoms with van der Waals surface area (Å²) >= 11 is 0. The van der Waals surface area contributed by atoms with Crippen LogP contribution >= 0.6 is 0 Å². The number of ether oxygens (including phenoxy) is 1. The third kappa shape index (κ3) is 1.12. The molecular weight excluding hydrogens is 192 g/mol. The van der Waals surface area contributed by atoms with Crippen molar-refractivity contribution >= 4 is 11.9 Å². The molecule has 0 radical (unpaired) electrons. The molecule has 0 aromatic heterocycles. The van der Waals surface area contributed by atoms with Crippen molar-refractivity contribution in [1.29, 1.82) is 0 Å². The van der Waals surface area contributed by atoms with Crippen LogP contribution in [-0.2, 0) is 14.3 Å². The fourth-order valence-electron chi connectivity index (χ4n) is 3.21. The van der Waals surface area contributed by atoms with Gasteiger partial charge in [0.1, 0.15) is 0 Å².